The topological polar surface area (TPSA) is 12.5 Å². The van der Waals surface area contributed by atoms with E-state index in [1.165, 1.54) is 38.8 Å². The molecule has 3 heteroatoms. The molecule has 0 bridgehead atoms. The summed E-state index contributed by atoms with van der Waals surface area (Å²) in [7, 11) is 0. The standard InChI is InChI=1S/C10H18INO/c11-12-5-1-9(2-6-12)10-3-7-13-8-4-10/h9-10H,1-8H2. The van der Waals surface area contributed by atoms with Gasteiger partial charge in [-0.15, -0.1) is 0 Å². The van der Waals surface area contributed by atoms with Gasteiger partial charge in [-0.25, -0.2) is 3.11 Å². The smallest absolute Gasteiger partial charge is 0.0468 e. The second-order valence-electron chi connectivity index (χ2n) is 4.20. The van der Waals surface area contributed by atoms with Gasteiger partial charge in [0.2, 0.25) is 0 Å². The minimum absolute atomic E-state index is 0.971. The lowest BCUT2D eigenvalue weighted by atomic mass is 9.80. The lowest BCUT2D eigenvalue weighted by Gasteiger charge is -2.35. The van der Waals surface area contributed by atoms with Gasteiger partial charge in [-0.3, -0.25) is 0 Å². The third-order valence-corrected chi connectivity index (χ3v) is 4.38. The van der Waals surface area contributed by atoms with Crippen LogP contribution in [0.15, 0.2) is 0 Å². The predicted molar refractivity (Wildman–Crippen MR) is 61.9 cm³/mol. The lowest BCUT2D eigenvalue weighted by Crippen LogP contribution is -2.32. The van der Waals surface area contributed by atoms with Crippen LogP contribution in [0.4, 0.5) is 0 Å². The number of hydrogen-bond donors (Lipinski definition) is 0. The van der Waals surface area contributed by atoms with Crippen LogP contribution in [0.5, 0.6) is 0 Å². The third kappa shape index (κ3) is 2.80. The van der Waals surface area contributed by atoms with Gasteiger partial charge in [0.1, 0.15) is 0 Å². The highest BCUT2D eigenvalue weighted by Crippen LogP contribution is 2.32. The average Bonchev–Trinajstić information content (AvgIpc) is 2.20. The normalized spacial score (nSPS) is 29.3. The molecule has 0 spiro atoms. The Hall–Kier alpha value is 0.650. The third-order valence-electron chi connectivity index (χ3n) is 3.42. The van der Waals surface area contributed by atoms with E-state index in [0.717, 1.165) is 25.0 Å². The van der Waals surface area contributed by atoms with Crippen molar-refractivity contribution in [2.75, 3.05) is 26.3 Å². The molecule has 2 aliphatic rings. The zero-order valence-corrected chi connectivity index (χ0v) is 10.2. The fourth-order valence-electron chi connectivity index (χ4n) is 2.53. The minimum atomic E-state index is 0.971. The lowest BCUT2D eigenvalue weighted by molar-refractivity contribution is 0.0378. The van der Waals surface area contributed by atoms with Gasteiger partial charge >= 0.3 is 0 Å². The molecular weight excluding hydrogens is 277 g/mol. The Kier molecular flexibility index (Phi) is 3.86. The first kappa shape index (κ1) is 10.2. The van der Waals surface area contributed by atoms with E-state index in [0.29, 0.717) is 0 Å². The minimum Gasteiger partial charge on any atom is -0.381 e. The molecule has 2 nitrogen and oxygen atoms in total. The van der Waals surface area contributed by atoms with Gasteiger partial charge in [0.05, 0.1) is 0 Å². The number of ether oxygens (including phenoxy) is 1. The molecule has 2 heterocycles. The van der Waals surface area contributed by atoms with Crippen molar-refractivity contribution in [3.63, 3.8) is 0 Å². The first-order valence-corrected chi connectivity index (χ1v) is 6.31. The highest BCUT2D eigenvalue weighted by atomic mass is 127. The molecule has 0 unspecified atom stereocenters. The fraction of sp³-hybridized carbons (Fsp3) is 1.00. The molecule has 2 saturated heterocycles. The van der Waals surface area contributed by atoms with Crippen molar-refractivity contribution < 1.29 is 4.74 Å². The van der Waals surface area contributed by atoms with Crippen LogP contribution in [0.25, 0.3) is 0 Å². The van der Waals surface area contributed by atoms with Crippen molar-refractivity contribution >= 4 is 22.9 Å². The Morgan fingerprint density at radius 1 is 0.923 bits per heavy atom. The maximum absolute atomic E-state index is 5.40. The Morgan fingerprint density at radius 3 is 2.08 bits per heavy atom. The number of hydrogen-bond acceptors (Lipinski definition) is 2. The second-order valence-corrected chi connectivity index (χ2v) is 5.56. The highest BCUT2D eigenvalue weighted by molar-refractivity contribution is 14.1. The van der Waals surface area contributed by atoms with Gasteiger partial charge in [-0.2, -0.15) is 0 Å². The molecule has 0 aromatic rings. The Morgan fingerprint density at radius 2 is 1.46 bits per heavy atom. The molecule has 0 aromatic heterocycles. The summed E-state index contributed by atoms with van der Waals surface area (Å²) in [4.78, 5) is 0. The number of nitrogens with zero attached hydrogens (tertiary/aromatic N) is 1. The summed E-state index contributed by atoms with van der Waals surface area (Å²) in [5, 5.41) is 0. The summed E-state index contributed by atoms with van der Waals surface area (Å²) in [5.74, 6) is 1.97. The van der Waals surface area contributed by atoms with Crippen molar-refractivity contribution in [3.8, 4) is 0 Å². The van der Waals surface area contributed by atoms with Crippen molar-refractivity contribution in [1.82, 2.24) is 3.11 Å². The zero-order chi connectivity index (χ0) is 9.10. The van der Waals surface area contributed by atoms with E-state index in [-0.39, 0.29) is 0 Å². The van der Waals surface area contributed by atoms with Crippen LogP contribution in [-0.2, 0) is 4.74 Å². The van der Waals surface area contributed by atoms with Crippen molar-refractivity contribution in [2.24, 2.45) is 11.8 Å². The highest BCUT2D eigenvalue weighted by Gasteiger charge is 2.26. The molecule has 2 aliphatic heterocycles. The maximum atomic E-state index is 5.40. The summed E-state index contributed by atoms with van der Waals surface area (Å²) in [6, 6.07) is 0. The SMILES string of the molecule is IN1CCC(C2CCOCC2)CC1. The Balaban J connectivity index is 1.79. The van der Waals surface area contributed by atoms with Gasteiger partial charge in [0.25, 0.3) is 0 Å². The molecule has 0 amide bonds. The average molecular weight is 295 g/mol. The van der Waals surface area contributed by atoms with Crippen LogP contribution in [0.3, 0.4) is 0 Å². The van der Waals surface area contributed by atoms with Crippen LogP contribution in [-0.4, -0.2) is 29.4 Å². The van der Waals surface area contributed by atoms with Crippen LogP contribution in [0.2, 0.25) is 0 Å². The van der Waals surface area contributed by atoms with E-state index in [9.17, 15) is 0 Å². The summed E-state index contributed by atoms with van der Waals surface area (Å²) in [6.07, 6.45) is 5.44. The Labute approximate surface area is 94.5 Å². The quantitative estimate of drug-likeness (QED) is 0.544. The van der Waals surface area contributed by atoms with Crippen LogP contribution in [0.1, 0.15) is 25.7 Å². The van der Waals surface area contributed by atoms with Gasteiger partial charge in [-0.05, 0) is 37.5 Å². The summed E-state index contributed by atoms with van der Waals surface area (Å²) in [5.41, 5.74) is 0. The van der Waals surface area contributed by atoms with Gasteiger partial charge < -0.3 is 4.74 Å². The molecule has 0 radical (unpaired) electrons. The molecule has 0 aromatic carbocycles. The van der Waals surface area contributed by atoms with E-state index < -0.39 is 0 Å². The second kappa shape index (κ2) is 4.94. The molecule has 13 heavy (non-hydrogen) atoms. The fourth-order valence-corrected chi connectivity index (χ4v) is 3.08. The maximum Gasteiger partial charge on any atom is 0.0468 e. The number of rotatable bonds is 1. The molecule has 0 N–H and O–H groups in total. The van der Waals surface area contributed by atoms with Crippen LogP contribution >= 0.6 is 22.9 Å². The number of halogens is 1. The van der Waals surface area contributed by atoms with Crippen LogP contribution in [0, 0.1) is 11.8 Å². The zero-order valence-electron chi connectivity index (χ0n) is 8.04. The van der Waals surface area contributed by atoms with Gasteiger partial charge in [-0.1, -0.05) is 0 Å². The molecule has 2 fully saturated rings. The summed E-state index contributed by atoms with van der Waals surface area (Å²) in [6.45, 7) is 4.61. The van der Waals surface area contributed by atoms with E-state index in [1.54, 1.807) is 0 Å². The van der Waals surface area contributed by atoms with Gasteiger partial charge in [0, 0.05) is 49.2 Å². The van der Waals surface area contributed by atoms with Crippen molar-refractivity contribution in [3.05, 3.63) is 0 Å². The molecule has 76 valence electrons. The molecule has 0 aliphatic carbocycles. The summed E-state index contributed by atoms with van der Waals surface area (Å²) < 4.78 is 7.82. The Bertz CT molecular complexity index is 151. The monoisotopic (exact) mass is 295 g/mol. The van der Waals surface area contributed by atoms with E-state index in [4.69, 9.17) is 4.74 Å². The largest absolute Gasteiger partial charge is 0.381 e. The molecular formula is C10H18INO. The molecule has 0 saturated carbocycles. The molecule has 0 atom stereocenters. The van der Waals surface area contributed by atoms with Gasteiger partial charge in [0.15, 0.2) is 0 Å². The van der Waals surface area contributed by atoms with E-state index in [1.807, 2.05) is 0 Å². The predicted octanol–water partition coefficient (Wildman–Crippen LogP) is 2.48. The van der Waals surface area contributed by atoms with Crippen LogP contribution < -0.4 is 0 Å². The number of piperidine rings is 1. The van der Waals surface area contributed by atoms with E-state index in [2.05, 4.69) is 26.0 Å². The summed E-state index contributed by atoms with van der Waals surface area (Å²) >= 11 is 2.45. The van der Waals surface area contributed by atoms with Crippen molar-refractivity contribution in [1.29, 1.82) is 0 Å². The van der Waals surface area contributed by atoms with Crippen molar-refractivity contribution in [2.45, 2.75) is 25.7 Å². The first-order chi connectivity index (χ1) is 6.36. The first-order valence-electron chi connectivity index (χ1n) is 5.35. The molecule has 2 rings (SSSR count). The van der Waals surface area contributed by atoms with E-state index >= 15 is 0 Å².